The predicted molar refractivity (Wildman–Crippen MR) is 68.3 cm³/mol. The second-order valence-corrected chi connectivity index (χ2v) is 3.20. The maximum atomic E-state index is 5.32. The van der Waals surface area contributed by atoms with E-state index in [-0.39, 0.29) is 11.7 Å². The molecule has 1 aromatic carbocycles. The molecule has 0 saturated heterocycles. The molecule has 16 heavy (non-hydrogen) atoms. The van der Waals surface area contributed by atoms with E-state index >= 15 is 0 Å². The lowest BCUT2D eigenvalue weighted by atomic mass is 10.2. The molecule has 0 aliphatic heterocycles. The van der Waals surface area contributed by atoms with Crippen LogP contribution in [0.3, 0.4) is 0 Å². The topological polar surface area (TPSA) is 59.6 Å². The largest absolute Gasteiger partial charge is 0.480 e. The normalized spacial score (nSPS) is 9.69. The fourth-order valence-electron chi connectivity index (χ4n) is 1.00. The summed E-state index contributed by atoms with van der Waals surface area (Å²) >= 11 is 4.61. The minimum Gasteiger partial charge on any atom is -0.480 e. The Morgan fingerprint density at radius 1 is 1.62 bits per heavy atom. The lowest BCUT2D eigenvalue weighted by Crippen LogP contribution is -2.24. The molecule has 0 amide bonds. The first-order valence-electron chi connectivity index (χ1n) is 4.48. The van der Waals surface area contributed by atoms with Crippen LogP contribution in [0.5, 0.6) is 5.75 Å². The molecule has 0 heterocycles. The fourth-order valence-corrected chi connectivity index (χ4v) is 1.06. The van der Waals surface area contributed by atoms with Crippen molar-refractivity contribution in [3.05, 3.63) is 29.8 Å². The van der Waals surface area contributed by atoms with Gasteiger partial charge in [-0.2, -0.15) is 5.10 Å². The zero-order valence-corrected chi connectivity index (χ0v) is 9.33. The Hall–Kier alpha value is -2.06. The summed E-state index contributed by atoms with van der Waals surface area (Å²) in [7, 11) is 0. The highest BCUT2D eigenvalue weighted by Crippen LogP contribution is 2.15. The first-order chi connectivity index (χ1) is 7.74. The van der Waals surface area contributed by atoms with Crippen molar-refractivity contribution in [3.8, 4) is 18.1 Å². The highest BCUT2D eigenvalue weighted by atomic mass is 32.1. The molecule has 5 heteroatoms. The van der Waals surface area contributed by atoms with E-state index in [9.17, 15) is 0 Å². The lowest BCUT2D eigenvalue weighted by Gasteiger charge is -2.05. The summed E-state index contributed by atoms with van der Waals surface area (Å²) in [5, 5.41) is 3.95. The molecule has 4 nitrogen and oxygen atoms in total. The Balaban J connectivity index is 2.74. The highest BCUT2D eigenvalue weighted by molar-refractivity contribution is 7.80. The second-order valence-electron chi connectivity index (χ2n) is 2.76. The SMILES string of the molecule is C#CCOc1ccccc1C=NNC(N)=S. The van der Waals surface area contributed by atoms with Crippen LogP contribution in [-0.4, -0.2) is 17.9 Å². The Bertz CT molecular complexity index is 437. The van der Waals surface area contributed by atoms with Crippen LogP contribution in [-0.2, 0) is 0 Å². The lowest BCUT2D eigenvalue weighted by molar-refractivity contribution is 0.370. The van der Waals surface area contributed by atoms with E-state index < -0.39 is 0 Å². The van der Waals surface area contributed by atoms with Crippen molar-refractivity contribution in [3.63, 3.8) is 0 Å². The molecule has 0 aliphatic carbocycles. The summed E-state index contributed by atoms with van der Waals surface area (Å²) in [4.78, 5) is 0. The number of rotatable bonds is 4. The van der Waals surface area contributed by atoms with E-state index in [0.717, 1.165) is 5.56 Å². The molecule has 0 unspecified atom stereocenters. The Morgan fingerprint density at radius 3 is 3.06 bits per heavy atom. The highest BCUT2D eigenvalue weighted by Gasteiger charge is 1.98. The van der Waals surface area contributed by atoms with Gasteiger partial charge in [-0.25, -0.2) is 0 Å². The molecule has 0 radical (unpaired) electrons. The van der Waals surface area contributed by atoms with Gasteiger partial charge in [0, 0.05) is 5.56 Å². The van der Waals surface area contributed by atoms with Gasteiger partial charge in [-0.3, -0.25) is 5.43 Å². The molecular formula is C11H11N3OS. The fraction of sp³-hybridized carbons (Fsp3) is 0.0909. The van der Waals surface area contributed by atoms with Gasteiger partial charge in [0.15, 0.2) is 5.11 Å². The number of nitrogens with two attached hydrogens (primary N) is 1. The molecule has 0 fully saturated rings. The van der Waals surface area contributed by atoms with Crippen molar-refractivity contribution in [2.24, 2.45) is 10.8 Å². The molecule has 82 valence electrons. The maximum Gasteiger partial charge on any atom is 0.184 e. The number of nitrogens with zero attached hydrogens (tertiary/aromatic N) is 1. The maximum absolute atomic E-state index is 5.32. The summed E-state index contributed by atoms with van der Waals surface area (Å²) in [5.41, 5.74) is 8.48. The predicted octanol–water partition coefficient (Wildman–Crippen LogP) is 0.866. The van der Waals surface area contributed by atoms with Gasteiger partial charge in [-0.1, -0.05) is 18.1 Å². The van der Waals surface area contributed by atoms with Crippen molar-refractivity contribution < 1.29 is 4.74 Å². The third-order valence-electron chi connectivity index (χ3n) is 1.61. The summed E-state index contributed by atoms with van der Waals surface area (Å²) < 4.78 is 5.32. The standard InChI is InChI=1S/C11H11N3OS/c1-2-7-15-10-6-4-3-5-9(10)8-13-14-11(12)16/h1,3-6,8H,7H2,(H3,12,14,16). The van der Waals surface area contributed by atoms with Crippen LogP contribution < -0.4 is 15.9 Å². The van der Waals surface area contributed by atoms with Gasteiger partial charge in [0.2, 0.25) is 0 Å². The number of hydrazone groups is 1. The monoisotopic (exact) mass is 233 g/mol. The van der Waals surface area contributed by atoms with Crippen molar-refractivity contribution in [1.82, 2.24) is 5.43 Å². The number of ether oxygens (including phenoxy) is 1. The first kappa shape index (κ1) is 12.0. The van der Waals surface area contributed by atoms with Crippen LogP contribution in [0.15, 0.2) is 29.4 Å². The van der Waals surface area contributed by atoms with Gasteiger partial charge in [0.05, 0.1) is 6.21 Å². The second kappa shape index (κ2) is 6.43. The van der Waals surface area contributed by atoms with E-state index in [1.54, 1.807) is 12.3 Å². The summed E-state index contributed by atoms with van der Waals surface area (Å²) in [6.45, 7) is 0.216. The van der Waals surface area contributed by atoms with Gasteiger partial charge >= 0.3 is 0 Å². The molecule has 1 aromatic rings. The average molecular weight is 233 g/mol. The third-order valence-corrected chi connectivity index (χ3v) is 1.70. The summed E-state index contributed by atoms with van der Waals surface area (Å²) in [6, 6.07) is 7.37. The molecule has 3 N–H and O–H groups in total. The number of para-hydroxylation sites is 1. The van der Waals surface area contributed by atoms with Crippen molar-refractivity contribution in [1.29, 1.82) is 0 Å². The quantitative estimate of drug-likeness (QED) is 0.350. The third kappa shape index (κ3) is 3.98. The van der Waals surface area contributed by atoms with Crippen LogP contribution in [0.25, 0.3) is 0 Å². The van der Waals surface area contributed by atoms with E-state index in [1.807, 2.05) is 18.2 Å². The summed E-state index contributed by atoms with van der Waals surface area (Å²) in [6.07, 6.45) is 6.67. The minimum absolute atomic E-state index is 0.110. The molecule has 0 aromatic heterocycles. The molecule has 0 bridgehead atoms. The number of terminal acetylenes is 1. The van der Waals surface area contributed by atoms with E-state index in [2.05, 4.69) is 28.7 Å². The summed E-state index contributed by atoms with van der Waals surface area (Å²) in [5.74, 6) is 3.06. The minimum atomic E-state index is 0.110. The van der Waals surface area contributed by atoms with E-state index in [1.165, 1.54) is 0 Å². The van der Waals surface area contributed by atoms with E-state index in [4.69, 9.17) is 16.9 Å². The average Bonchev–Trinajstić information content (AvgIpc) is 2.27. The van der Waals surface area contributed by atoms with Crippen molar-refractivity contribution in [2.45, 2.75) is 0 Å². The Kier molecular flexibility index (Phi) is 4.83. The van der Waals surface area contributed by atoms with Gasteiger partial charge in [-0.15, -0.1) is 6.42 Å². The van der Waals surface area contributed by atoms with E-state index in [0.29, 0.717) is 5.75 Å². The molecule has 0 spiro atoms. The Labute approximate surface area is 99.5 Å². The number of nitrogens with one attached hydrogen (secondary N) is 1. The molecular weight excluding hydrogens is 222 g/mol. The zero-order valence-electron chi connectivity index (χ0n) is 8.51. The van der Waals surface area contributed by atoms with Gasteiger partial charge in [0.25, 0.3) is 0 Å². The molecule has 0 aliphatic rings. The molecule has 0 atom stereocenters. The zero-order chi connectivity index (χ0) is 11.8. The molecule has 0 saturated carbocycles. The smallest absolute Gasteiger partial charge is 0.184 e. The number of benzene rings is 1. The van der Waals surface area contributed by atoms with Crippen LogP contribution in [0.4, 0.5) is 0 Å². The van der Waals surface area contributed by atoms with Crippen molar-refractivity contribution >= 4 is 23.5 Å². The Morgan fingerprint density at radius 2 is 2.38 bits per heavy atom. The van der Waals surface area contributed by atoms with Crippen LogP contribution >= 0.6 is 12.2 Å². The van der Waals surface area contributed by atoms with Gasteiger partial charge in [0.1, 0.15) is 12.4 Å². The first-order valence-corrected chi connectivity index (χ1v) is 4.88. The number of hydrogen-bond donors (Lipinski definition) is 2. The van der Waals surface area contributed by atoms with Gasteiger partial charge < -0.3 is 10.5 Å². The number of hydrogen-bond acceptors (Lipinski definition) is 3. The number of thiocarbonyl (C=S) groups is 1. The van der Waals surface area contributed by atoms with Crippen LogP contribution in [0.1, 0.15) is 5.56 Å². The van der Waals surface area contributed by atoms with Gasteiger partial charge in [-0.05, 0) is 24.4 Å². The van der Waals surface area contributed by atoms with Crippen molar-refractivity contribution in [2.75, 3.05) is 6.61 Å². The van der Waals surface area contributed by atoms with Crippen LogP contribution in [0, 0.1) is 12.3 Å². The molecule has 1 rings (SSSR count). The van der Waals surface area contributed by atoms with Crippen LogP contribution in [0.2, 0.25) is 0 Å².